The van der Waals surface area contributed by atoms with Crippen LogP contribution in [0.4, 0.5) is 0 Å². The van der Waals surface area contributed by atoms with E-state index in [1.54, 1.807) is 0 Å². The molecule has 12 heavy (non-hydrogen) atoms. The second-order valence-electron chi connectivity index (χ2n) is 5.13. The van der Waals surface area contributed by atoms with E-state index in [1.165, 1.54) is 32.1 Å². The molecule has 1 spiro atoms. The maximum Gasteiger partial charge on any atom is 0.0692 e. The van der Waals surface area contributed by atoms with E-state index < -0.39 is 0 Å². The van der Waals surface area contributed by atoms with Crippen molar-refractivity contribution in [2.45, 2.75) is 46.0 Å². The smallest absolute Gasteiger partial charge is 0.0692 e. The predicted octanol–water partition coefficient (Wildman–Crippen LogP) is 3.12. The summed E-state index contributed by atoms with van der Waals surface area (Å²) in [6.45, 7) is 4.38. The molecule has 0 atom stereocenters. The highest BCUT2D eigenvalue weighted by Crippen LogP contribution is 2.66. The fraction of sp³-hybridized carbons (Fsp3) is 0.909. The van der Waals surface area contributed by atoms with Gasteiger partial charge in [-0.15, -0.1) is 0 Å². The van der Waals surface area contributed by atoms with E-state index in [2.05, 4.69) is 19.9 Å². The molecule has 0 amide bonds. The lowest BCUT2D eigenvalue weighted by Crippen LogP contribution is -2.52. The zero-order valence-electron chi connectivity index (χ0n) is 8.06. The highest BCUT2D eigenvalue weighted by Gasteiger charge is 2.58. The second kappa shape index (κ2) is 2.25. The van der Waals surface area contributed by atoms with Crippen LogP contribution in [0.15, 0.2) is 0 Å². The molecule has 0 heterocycles. The molecule has 0 N–H and O–H groups in total. The molecule has 0 radical (unpaired) electrons. The van der Waals surface area contributed by atoms with Crippen molar-refractivity contribution in [3.8, 4) is 6.07 Å². The Labute approximate surface area is 74.8 Å². The van der Waals surface area contributed by atoms with Crippen LogP contribution in [0.5, 0.6) is 0 Å². The molecule has 2 aliphatic carbocycles. The molecule has 2 rings (SSSR count). The summed E-state index contributed by atoms with van der Waals surface area (Å²) in [4.78, 5) is 0. The first-order chi connectivity index (χ1) is 5.63. The van der Waals surface area contributed by atoms with Gasteiger partial charge in [0.1, 0.15) is 0 Å². The molecule has 0 bridgehead atoms. The Morgan fingerprint density at radius 2 is 1.83 bits per heavy atom. The van der Waals surface area contributed by atoms with Gasteiger partial charge < -0.3 is 0 Å². The van der Waals surface area contributed by atoms with Crippen molar-refractivity contribution < 1.29 is 0 Å². The lowest BCUT2D eigenvalue weighted by Gasteiger charge is -2.60. The third kappa shape index (κ3) is 0.843. The van der Waals surface area contributed by atoms with Crippen molar-refractivity contribution >= 4 is 0 Å². The SMILES string of the molecule is CC(C)C1(C#N)CC2(CCC2)C1. The van der Waals surface area contributed by atoms with E-state index in [0.29, 0.717) is 11.3 Å². The van der Waals surface area contributed by atoms with E-state index in [-0.39, 0.29) is 5.41 Å². The molecule has 0 aromatic carbocycles. The molecule has 1 nitrogen and oxygen atoms in total. The van der Waals surface area contributed by atoms with Crippen molar-refractivity contribution in [1.29, 1.82) is 5.26 Å². The minimum absolute atomic E-state index is 0.0560. The number of hydrogen-bond donors (Lipinski definition) is 0. The Morgan fingerprint density at radius 3 is 2.08 bits per heavy atom. The summed E-state index contributed by atoms with van der Waals surface area (Å²) < 4.78 is 0. The molecule has 2 saturated carbocycles. The monoisotopic (exact) mass is 163 g/mol. The first kappa shape index (κ1) is 8.10. The van der Waals surface area contributed by atoms with Crippen LogP contribution < -0.4 is 0 Å². The lowest BCUT2D eigenvalue weighted by atomic mass is 9.43. The van der Waals surface area contributed by atoms with Crippen LogP contribution in [0.3, 0.4) is 0 Å². The van der Waals surface area contributed by atoms with Crippen LogP contribution in [0.2, 0.25) is 0 Å². The Kier molecular flexibility index (Phi) is 1.52. The maximum absolute atomic E-state index is 9.11. The summed E-state index contributed by atoms with van der Waals surface area (Å²) in [6, 6.07) is 2.54. The molecule has 1 heteroatoms. The van der Waals surface area contributed by atoms with Gasteiger partial charge in [-0.05, 0) is 37.0 Å². The standard InChI is InChI=1S/C11H17N/c1-9(2)11(8-12)6-10(7-11)4-3-5-10/h9H,3-7H2,1-2H3. The summed E-state index contributed by atoms with van der Waals surface area (Å²) in [5, 5.41) is 9.11. The lowest BCUT2D eigenvalue weighted by molar-refractivity contribution is -0.0870. The third-order valence-electron chi connectivity index (χ3n) is 4.12. The van der Waals surface area contributed by atoms with Gasteiger partial charge in [0.2, 0.25) is 0 Å². The van der Waals surface area contributed by atoms with E-state index in [4.69, 9.17) is 5.26 Å². The van der Waals surface area contributed by atoms with Crippen molar-refractivity contribution in [1.82, 2.24) is 0 Å². The van der Waals surface area contributed by atoms with Gasteiger partial charge in [-0.3, -0.25) is 0 Å². The van der Waals surface area contributed by atoms with E-state index in [9.17, 15) is 0 Å². The van der Waals surface area contributed by atoms with Gasteiger partial charge >= 0.3 is 0 Å². The topological polar surface area (TPSA) is 23.8 Å². The third-order valence-corrected chi connectivity index (χ3v) is 4.12. The highest BCUT2D eigenvalue weighted by molar-refractivity contribution is 5.17. The van der Waals surface area contributed by atoms with E-state index in [1.807, 2.05) is 0 Å². The molecule has 0 saturated heterocycles. The number of nitrogens with zero attached hydrogens (tertiary/aromatic N) is 1. The minimum Gasteiger partial charge on any atom is -0.198 e. The minimum atomic E-state index is 0.0560. The Hall–Kier alpha value is -0.510. The van der Waals surface area contributed by atoms with Crippen LogP contribution >= 0.6 is 0 Å². The highest BCUT2D eigenvalue weighted by atomic mass is 14.6. The zero-order valence-corrected chi connectivity index (χ0v) is 8.06. The second-order valence-corrected chi connectivity index (χ2v) is 5.13. The van der Waals surface area contributed by atoms with Crippen LogP contribution in [0.1, 0.15) is 46.0 Å². The first-order valence-electron chi connectivity index (χ1n) is 5.04. The van der Waals surface area contributed by atoms with Crippen LogP contribution in [0, 0.1) is 28.1 Å². The Balaban J connectivity index is 2.04. The first-order valence-corrected chi connectivity index (χ1v) is 5.04. The zero-order chi connectivity index (χ0) is 8.82. The van der Waals surface area contributed by atoms with Crippen LogP contribution in [0.25, 0.3) is 0 Å². The molecular formula is C11H17N. The normalized spacial score (nSPS) is 29.2. The molecule has 0 unspecified atom stereocenters. The Bertz CT molecular complexity index is 222. The van der Waals surface area contributed by atoms with E-state index >= 15 is 0 Å². The van der Waals surface area contributed by atoms with Gasteiger partial charge in [0, 0.05) is 0 Å². The van der Waals surface area contributed by atoms with E-state index in [0.717, 1.165) is 0 Å². The summed E-state index contributed by atoms with van der Waals surface area (Å²) in [5.41, 5.74) is 0.695. The summed E-state index contributed by atoms with van der Waals surface area (Å²) >= 11 is 0. The maximum atomic E-state index is 9.11. The molecule has 0 aromatic rings. The fourth-order valence-electron chi connectivity index (χ4n) is 2.93. The van der Waals surface area contributed by atoms with Crippen LogP contribution in [-0.2, 0) is 0 Å². The van der Waals surface area contributed by atoms with Crippen molar-refractivity contribution in [2.75, 3.05) is 0 Å². The van der Waals surface area contributed by atoms with Gasteiger partial charge in [0.25, 0.3) is 0 Å². The van der Waals surface area contributed by atoms with Gasteiger partial charge in [-0.25, -0.2) is 0 Å². The van der Waals surface area contributed by atoms with Gasteiger partial charge in [-0.1, -0.05) is 20.3 Å². The van der Waals surface area contributed by atoms with Gasteiger partial charge in [-0.2, -0.15) is 5.26 Å². The largest absolute Gasteiger partial charge is 0.198 e. The van der Waals surface area contributed by atoms with Gasteiger partial charge in [0.15, 0.2) is 0 Å². The predicted molar refractivity (Wildman–Crippen MR) is 48.4 cm³/mol. The van der Waals surface area contributed by atoms with Gasteiger partial charge in [0.05, 0.1) is 11.5 Å². The average molecular weight is 163 g/mol. The van der Waals surface area contributed by atoms with Crippen LogP contribution in [-0.4, -0.2) is 0 Å². The molecular weight excluding hydrogens is 146 g/mol. The molecule has 66 valence electrons. The number of nitriles is 1. The number of rotatable bonds is 1. The molecule has 0 aromatic heterocycles. The fourth-order valence-corrected chi connectivity index (χ4v) is 2.93. The number of hydrogen-bond acceptors (Lipinski definition) is 1. The molecule has 2 aliphatic rings. The Morgan fingerprint density at radius 1 is 1.25 bits per heavy atom. The summed E-state index contributed by atoms with van der Waals surface area (Å²) in [7, 11) is 0. The van der Waals surface area contributed by atoms with Crippen molar-refractivity contribution in [3.63, 3.8) is 0 Å². The average Bonchev–Trinajstić information content (AvgIpc) is 1.82. The quantitative estimate of drug-likeness (QED) is 0.582. The summed E-state index contributed by atoms with van der Waals surface area (Å²) in [5.74, 6) is 0.550. The van der Waals surface area contributed by atoms with Crippen molar-refractivity contribution in [2.24, 2.45) is 16.7 Å². The summed E-state index contributed by atoms with van der Waals surface area (Å²) in [6.07, 6.45) is 6.56. The molecule has 0 aliphatic heterocycles. The molecule has 2 fully saturated rings. The van der Waals surface area contributed by atoms with Crippen molar-refractivity contribution in [3.05, 3.63) is 0 Å².